The SMILES string of the molecule is Cc1cc(C)c(N(c2ccc(N(c3nc(-c4ccccc4)nc(-c4ccccc4-c4ccccc4)n3)c3nc(-c4ccccc4)nc(-c4ccccc4-c4ccccc4)n3)cc2)c2c(C)cc(C)cc2C)c(C)c1. The average Bonchev–Trinajstić information content (AvgIpc) is 3.43. The minimum atomic E-state index is 0.337. The van der Waals surface area contributed by atoms with Gasteiger partial charge in [-0.15, -0.1) is 0 Å². The molecule has 0 bridgehead atoms. The molecule has 8 heteroatoms. The summed E-state index contributed by atoms with van der Waals surface area (Å²) in [4.78, 5) is 36.5. The van der Waals surface area contributed by atoms with Crippen molar-refractivity contribution in [3.63, 3.8) is 0 Å². The highest BCUT2D eigenvalue weighted by atomic mass is 15.4. The van der Waals surface area contributed by atoms with Crippen molar-refractivity contribution in [2.75, 3.05) is 9.80 Å². The third-order valence-electron chi connectivity index (χ3n) is 13.3. The molecule has 0 spiro atoms. The highest BCUT2D eigenvalue weighted by molar-refractivity contribution is 5.87. The van der Waals surface area contributed by atoms with Crippen LogP contribution < -0.4 is 9.80 Å². The minimum Gasteiger partial charge on any atom is -0.309 e. The molecule has 0 saturated carbocycles. The predicted octanol–water partition coefficient (Wildman–Crippen LogP) is 16.8. The summed E-state index contributed by atoms with van der Waals surface area (Å²) in [6.07, 6.45) is 0. The summed E-state index contributed by atoms with van der Waals surface area (Å²) in [6.45, 7) is 13.1. The zero-order valence-electron chi connectivity index (χ0n) is 42.4. The quantitative estimate of drug-likeness (QED) is 0.120. The van der Waals surface area contributed by atoms with Crippen molar-refractivity contribution in [1.29, 1.82) is 0 Å². The molecule has 0 amide bonds. The molecule has 11 aromatic rings. The van der Waals surface area contributed by atoms with E-state index in [9.17, 15) is 0 Å². The Bertz CT molecular complexity index is 3510. The van der Waals surface area contributed by atoms with Gasteiger partial charge in [-0.2, -0.15) is 19.9 Å². The lowest BCUT2D eigenvalue weighted by atomic mass is 9.98. The Balaban J connectivity index is 1.19. The van der Waals surface area contributed by atoms with Crippen molar-refractivity contribution >= 4 is 34.6 Å². The third-order valence-corrected chi connectivity index (χ3v) is 13.3. The number of benzene rings is 9. The van der Waals surface area contributed by atoms with Gasteiger partial charge < -0.3 is 4.90 Å². The summed E-state index contributed by atoms with van der Waals surface area (Å²) in [7, 11) is 0. The van der Waals surface area contributed by atoms with Crippen molar-refractivity contribution in [2.24, 2.45) is 0 Å². The largest absolute Gasteiger partial charge is 0.309 e. The highest BCUT2D eigenvalue weighted by Gasteiger charge is 2.27. The Hall–Kier alpha value is -9.40. The third kappa shape index (κ3) is 9.44. The number of hydrogen-bond acceptors (Lipinski definition) is 8. The first-order valence-electron chi connectivity index (χ1n) is 25.0. The predicted molar refractivity (Wildman–Crippen MR) is 304 cm³/mol. The second-order valence-electron chi connectivity index (χ2n) is 18.8. The Morgan fingerprint density at radius 2 is 0.541 bits per heavy atom. The van der Waals surface area contributed by atoms with E-state index in [2.05, 4.69) is 168 Å². The van der Waals surface area contributed by atoms with Gasteiger partial charge in [-0.3, -0.25) is 0 Å². The number of anilines is 6. The Labute approximate surface area is 433 Å². The maximum absolute atomic E-state index is 5.45. The second kappa shape index (κ2) is 20.4. The van der Waals surface area contributed by atoms with E-state index in [0.29, 0.717) is 35.2 Å². The van der Waals surface area contributed by atoms with Crippen molar-refractivity contribution in [3.8, 4) is 67.8 Å². The fourth-order valence-electron chi connectivity index (χ4n) is 10.2. The molecule has 358 valence electrons. The van der Waals surface area contributed by atoms with Gasteiger partial charge in [0.15, 0.2) is 23.3 Å². The van der Waals surface area contributed by atoms with Crippen molar-refractivity contribution in [3.05, 3.63) is 252 Å². The molecular weight excluding hydrogens is 905 g/mol. The molecule has 9 aromatic carbocycles. The Morgan fingerprint density at radius 3 is 0.892 bits per heavy atom. The van der Waals surface area contributed by atoms with Crippen molar-refractivity contribution < 1.29 is 0 Å². The van der Waals surface area contributed by atoms with Gasteiger partial charge in [-0.25, -0.2) is 14.9 Å². The second-order valence-corrected chi connectivity index (χ2v) is 18.8. The molecule has 0 aliphatic rings. The summed E-state index contributed by atoms with van der Waals surface area (Å²) in [5.74, 6) is 2.69. The Morgan fingerprint density at radius 1 is 0.257 bits per heavy atom. The molecular formula is C66H54N8. The van der Waals surface area contributed by atoms with E-state index in [4.69, 9.17) is 29.9 Å². The summed E-state index contributed by atoms with van der Waals surface area (Å²) in [5.41, 5.74) is 18.7. The normalized spacial score (nSPS) is 11.1. The molecule has 0 N–H and O–H groups in total. The summed E-state index contributed by atoms with van der Waals surface area (Å²) < 4.78 is 0. The van der Waals surface area contributed by atoms with E-state index in [0.717, 1.165) is 67.3 Å². The summed E-state index contributed by atoms with van der Waals surface area (Å²) in [5, 5.41) is 0. The van der Waals surface area contributed by atoms with Crippen LogP contribution in [0.5, 0.6) is 0 Å². The Kier molecular flexibility index (Phi) is 12.9. The first-order valence-corrected chi connectivity index (χ1v) is 25.0. The molecule has 0 aliphatic carbocycles. The molecule has 8 nitrogen and oxygen atoms in total. The van der Waals surface area contributed by atoms with Gasteiger partial charge in [-0.05, 0) is 110 Å². The molecule has 2 aromatic heterocycles. The number of aryl methyl sites for hydroxylation is 6. The molecule has 0 atom stereocenters. The standard InChI is InChI=1S/C66H54N8/c1-43-39-45(3)59(46(4)40-43)73(60-47(5)41-44(2)42-48(60)6)53-35-37-54(38-36-53)74(65-69-61(51-27-15-9-16-28-51)67-63(71-65)57-33-21-19-31-55(57)49-23-11-7-12-24-49)66-70-62(52-29-17-10-18-30-52)68-64(72-66)58-34-22-20-32-56(58)50-25-13-8-14-26-50/h7-42H,1-6H3. The van der Waals surface area contributed by atoms with Crippen LogP contribution in [-0.2, 0) is 0 Å². The van der Waals surface area contributed by atoms with E-state index < -0.39 is 0 Å². The minimum absolute atomic E-state index is 0.337. The molecule has 0 unspecified atom stereocenters. The van der Waals surface area contributed by atoms with Crippen LogP contribution in [0.1, 0.15) is 33.4 Å². The highest BCUT2D eigenvalue weighted by Crippen LogP contribution is 2.45. The van der Waals surface area contributed by atoms with Gasteiger partial charge in [0.2, 0.25) is 11.9 Å². The lowest BCUT2D eigenvalue weighted by Crippen LogP contribution is -2.19. The van der Waals surface area contributed by atoms with Crippen molar-refractivity contribution in [2.45, 2.75) is 41.5 Å². The van der Waals surface area contributed by atoms with Gasteiger partial charge in [-0.1, -0.05) is 205 Å². The van der Waals surface area contributed by atoms with Gasteiger partial charge >= 0.3 is 0 Å². The van der Waals surface area contributed by atoms with Gasteiger partial charge in [0, 0.05) is 27.9 Å². The van der Waals surface area contributed by atoms with E-state index in [1.54, 1.807) is 0 Å². The maximum Gasteiger partial charge on any atom is 0.241 e. The van der Waals surface area contributed by atoms with Crippen LogP contribution in [-0.4, -0.2) is 29.9 Å². The van der Waals surface area contributed by atoms with Crippen molar-refractivity contribution in [1.82, 2.24) is 29.9 Å². The summed E-state index contributed by atoms with van der Waals surface area (Å²) in [6, 6.07) is 75.0. The van der Waals surface area contributed by atoms with Crippen LogP contribution in [0.2, 0.25) is 0 Å². The van der Waals surface area contributed by atoms with E-state index >= 15 is 0 Å². The molecule has 0 saturated heterocycles. The van der Waals surface area contributed by atoms with Gasteiger partial charge in [0.05, 0.1) is 17.1 Å². The number of hydrogen-bond donors (Lipinski definition) is 0. The van der Waals surface area contributed by atoms with Crippen LogP contribution in [0.15, 0.2) is 218 Å². The first kappa shape index (κ1) is 47.0. The molecule has 0 aliphatic heterocycles. The van der Waals surface area contributed by atoms with E-state index in [-0.39, 0.29) is 0 Å². The number of nitrogens with zero attached hydrogens (tertiary/aromatic N) is 8. The molecule has 11 rings (SSSR count). The van der Waals surface area contributed by atoms with Crippen LogP contribution in [0, 0.1) is 41.5 Å². The number of aromatic nitrogens is 6. The monoisotopic (exact) mass is 958 g/mol. The van der Waals surface area contributed by atoms with E-state index in [1.807, 2.05) is 102 Å². The smallest absolute Gasteiger partial charge is 0.241 e. The molecule has 0 radical (unpaired) electrons. The summed E-state index contributed by atoms with van der Waals surface area (Å²) >= 11 is 0. The molecule has 2 heterocycles. The topological polar surface area (TPSA) is 83.8 Å². The van der Waals surface area contributed by atoms with Gasteiger partial charge in [0.25, 0.3) is 0 Å². The van der Waals surface area contributed by atoms with Crippen LogP contribution in [0.3, 0.4) is 0 Å². The molecule has 0 fully saturated rings. The fraction of sp³-hybridized carbons (Fsp3) is 0.0909. The maximum atomic E-state index is 5.45. The molecule has 74 heavy (non-hydrogen) atoms. The fourth-order valence-corrected chi connectivity index (χ4v) is 10.2. The van der Waals surface area contributed by atoms with E-state index in [1.165, 1.54) is 33.4 Å². The van der Waals surface area contributed by atoms with Crippen LogP contribution in [0.25, 0.3) is 67.8 Å². The van der Waals surface area contributed by atoms with Crippen LogP contribution in [0.4, 0.5) is 34.6 Å². The number of rotatable bonds is 12. The zero-order valence-corrected chi connectivity index (χ0v) is 42.4. The zero-order chi connectivity index (χ0) is 50.7. The van der Waals surface area contributed by atoms with Gasteiger partial charge in [0.1, 0.15) is 0 Å². The lowest BCUT2D eigenvalue weighted by Gasteiger charge is -2.32. The average molecular weight is 959 g/mol. The lowest BCUT2D eigenvalue weighted by molar-refractivity contribution is 0.964. The first-order chi connectivity index (χ1) is 36.2. The van der Waals surface area contributed by atoms with Crippen LogP contribution >= 0.6 is 0 Å².